The summed E-state index contributed by atoms with van der Waals surface area (Å²) in [7, 11) is 0. The van der Waals surface area contributed by atoms with Crippen molar-refractivity contribution in [1.82, 2.24) is 14.8 Å². The predicted molar refractivity (Wildman–Crippen MR) is 83.8 cm³/mol. The molecule has 6 nitrogen and oxygen atoms in total. The summed E-state index contributed by atoms with van der Waals surface area (Å²) in [4.78, 5) is 33.3. The molecule has 1 aromatic heterocycles. The first-order valence-electron chi connectivity index (χ1n) is 7.97. The molecule has 0 radical (unpaired) electrons. The number of piperazine rings is 1. The van der Waals surface area contributed by atoms with E-state index in [-0.39, 0.29) is 5.91 Å². The van der Waals surface area contributed by atoms with Crippen molar-refractivity contribution in [2.24, 2.45) is 0 Å². The number of piperidine rings is 1. The van der Waals surface area contributed by atoms with Crippen molar-refractivity contribution in [3.63, 3.8) is 0 Å². The highest BCUT2D eigenvalue weighted by Crippen LogP contribution is 2.17. The van der Waals surface area contributed by atoms with Gasteiger partial charge in [0.2, 0.25) is 6.41 Å². The molecule has 2 aliphatic rings. The topological polar surface area (TPSA) is 56.8 Å². The Morgan fingerprint density at radius 1 is 1.00 bits per heavy atom. The number of carbonyl (C=O) groups is 2. The van der Waals surface area contributed by atoms with Crippen LogP contribution in [0.2, 0.25) is 0 Å². The Morgan fingerprint density at radius 3 is 2.32 bits per heavy atom. The molecule has 2 aliphatic heterocycles. The molecule has 2 saturated heterocycles. The molecular weight excluding hydrogens is 280 g/mol. The van der Waals surface area contributed by atoms with E-state index in [1.54, 1.807) is 11.1 Å². The van der Waals surface area contributed by atoms with Crippen molar-refractivity contribution < 1.29 is 9.59 Å². The smallest absolute Gasteiger partial charge is 0.272 e. The fraction of sp³-hybridized carbons (Fsp3) is 0.562. The molecule has 3 heterocycles. The largest absolute Gasteiger partial charge is 0.367 e. The second-order valence-electron chi connectivity index (χ2n) is 5.88. The number of hydrogen-bond donors (Lipinski definition) is 0. The molecule has 0 aliphatic carbocycles. The minimum absolute atomic E-state index is 0.0389. The normalized spacial score (nSPS) is 19.2. The van der Waals surface area contributed by atoms with Gasteiger partial charge in [0.05, 0.1) is 11.9 Å². The van der Waals surface area contributed by atoms with Gasteiger partial charge in [-0.25, -0.2) is 4.98 Å². The second-order valence-corrected chi connectivity index (χ2v) is 5.88. The summed E-state index contributed by atoms with van der Waals surface area (Å²) in [5.41, 5.74) is 1.54. The van der Waals surface area contributed by atoms with E-state index in [0.29, 0.717) is 5.69 Å². The predicted octanol–water partition coefficient (Wildman–Crippen LogP) is 0.986. The van der Waals surface area contributed by atoms with Gasteiger partial charge in [-0.3, -0.25) is 9.59 Å². The van der Waals surface area contributed by atoms with Gasteiger partial charge < -0.3 is 14.7 Å². The first-order chi connectivity index (χ1) is 10.8. The Kier molecular flexibility index (Phi) is 4.56. The fourth-order valence-corrected chi connectivity index (χ4v) is 3.04. The van der Waals surface area contributed by atoms with E-state index >= 15 is 0 Å². The van der Waals surface area contributed by atoms with Crippen molar-refractivity contribution in [2.75, 3.05) is 44.2 Å². The highest BCUT2D eigenvalue weighted by atomic mass is 16.2. The van der Waals surface area contributed by atoms with Crippen LogP contribution >= 0.6 is 0 Å². The second kappa shape index (κ2) is 6.77. The highest BCUT2D eigenvalue weighted by molar-refractivity contribution is 5.92. The summed E-state index contributed by atoms with van der Waals surface area (Å²) >= 11 is 0. The van der Waals surface area contributed by atoms with Crippen LogP contribution in [-0.2, 0) is 4.79 Å². The van der Waals surface area contributed by atoms with Crippen LogP contribution < -0.4 is 4.90 Å². The number of aromatic nitrogens is 1. The Labute approximate surface area is 130 Å². The van der Waals surface area contributed by atoms with E-state index in [2.05, 4.69) is 9.88 Å². The van der Waals surface area contributed by atoms with Crippen LogP contribution in [-0.4, -0.2) is 66.4 Å². The summed E-state index contributed by atoms with van der Waals surface area (Å²) in [6, 6.07) is 3.78. The van der Waals surface area contributed by atoms with Crippen LogP contribution in [0.25, 0.3) is 0 Å². The number of rotatable bonds is 3. The third-order valence-corrected chi connectivity index (χ3v) is 4.44. The molecule has 0 atom stereocenters. The van der Waals surface area contributed by atoms with Crippen LogP contribution in [0, 0.1) is 0 Å². The van der Waals surface area contributed by atoms with Crippen molar-refractivity contribution in [3.05, 3.63) is 24.0 Å². The third kappa shape index (κ3) is 3.21. The Morgan fingerprint density at radius 2 is 1.73 bits per heavy atom. The third-order valence-electron chi connectivity index (χ3n) is 4.44. The maximum atomic E-state index is 12.4. The number of nitrogens with zero attached hydrogens (tertiary/aromatic N) is 4. The maximum absolute atomic E-state index is 12.4. The molecule has 0 N–H and O–H groups in total. The highest BCUT2D eigenvalue weighted by Gasteiger charge is 2.20. The Bertz CT molecular complexity index is 517. The molecule has 6 heteroatoms. The molecule has 0 spiro atoms. The van der Waals surface area contributed by atoms with E-state index in [0.717, 1.165) is 64.2 Å². The van der Waals surface area contributed by atoms with E-state index in [9.17, 15) is 9.59 Å². The van der Waals surface area contributed by atoms with Crippen molar-refractivity contribution in [3.8, 4) is 0 Å². The molecule has 22 heavy (non-hydrogen) atoms. The van der Waals surface area contributed by atoms with Crippen LogP contribution in [0.1, 0.15) is 29.8 Å². The molecule has 0 saturated carbocycles. The lowest BCUT2D eigenvalue weighted by Gasteiger charge is -2.34. The van der Waals surface area contributed by atoms with E-state index in [4.69, 9.17) is 0 Å². The van der Waals surface area contributed by atoms with Gasteiger partial charge >= 0.3 is 0 Å². The van der Waals surface area contributed by atoms with Gasteiger partial charge in [0.1, 0.15) is 5.69 Å². The van der Waals surface area contributed by atoms with Crippen LogP contribution in [0.4, 0.5) is 5.69 Å². The summed E-state index contributed by atoms with van der Waals surface area (Å²) < 4.78 is 0. The molecule has 118 valence electrons. The van der Waals surface area contributed by atoms with Crippen LogP contribution in [0.3, 0.4) is 0 Å². The summed E-state index contributed by atoms with van der Waals surface area (Å²) in [5, 5.41) is 0. The van der Waals surface area contributed by atoms with Gasteiger partial charge in [0, 0.05) is 39.3 Å². The Hall–Kier alpha value is -2.11. The van der Waals surface area contributed by atoms with Crippen molar-refractivity contribution in [2.45, 2.75) is 19.3 Å². The van der Waals surface area contributed by atoms with Gasteiger partial charge in [-0.05, 0) is 31.4 Å². The SMILES string of the molecule is O=CN1CCN(c2ccc(C(=O)N3CCCCC3)nc2)CC1. The van der Waals surface area contributed by atoms with Crippen LogP contribution in [0.5, 0.6) is 0 Å². The quantitative estimate of drug-likeness (QED) is 0.781. The van der Waals surface area contributed by atoms with E-state index in [1.807, 2.05) is 17.0 Å². The molecule has 3 rings (SSSR count). The molecule has 2 amide bonds. The summed E-state index contributed by atoms with van der Waals surface area (Å²) in [6.07, 6.45) is 6.06. The number of carbonyl (C=O) groups excluding carboxylic acids is 2. The maximum Gasteiger partial charge on any atom is 0.272 e. The lowest BCUT2D eigenvalue weighted by Crippen LogP contribution is -2.45. The Balaban J connectivity index is 1.62. The number of likely N-dealkylation sites (tertiary alicyclic amines) is 1. The zero-order valence-corrected chi connectivity index (χ0v) is 12.8. The van der Waals surface area contributed by atoms with Gasteiger partial charge in [0.25, 0.3) is 5.91 Å². The van der Waals surface area contributed by atoms with E-state index < -0.39 is 0 Å². The lowest BCUT2D eigenvalue weighted by molar-refractivity contribution is -0.118. The summed E-state index contributed by atoms with van der Waals surface area (Å²) in [5.74, 6) is 0.0389. The van der Waals surface area contributed by atoms with Gasteiger partial charge in [-0.1, -0.05) is 0 Å². The minimum atomic E-state index is 0.0389. The van der Waals surface area contributed by atoms with Gasteiger partial charge in [0.15, 0.2) is 0 Å². The number of pyridine rings is 1. The summed E-state index contributed by atoms with van der Waals surface area (Å²) in [6.45, 7) is 4.77. The molecule has 0 unspecified atom stereocenters. The first kappa shape index (κ1) is 14.8. The fourth-order valence-electron chi connectivity index (χ4n) is 3.04. The van der Waals surface area contributed by atoms with E-state index in [1.165, 1.54) is 6.42 Å². The molecule has 0 aromatic carbocycles. The number of amides is 2. The van der Waals surface area contributed by atoms with Crippen LogP contribution in [0.15, 0.2) is 18.3 Å². The number of anilines is 1. The number of hydrogen-bond acceptors (Lipinski definition) is 4. The zero-order chi connectivity index (χ0) is 15.4. The standard InChI is InChI=1S/C16H22N4O2/c21-13-18-8-10-19(11-9-18)14-4-5-15(17-12-14)16(22)20-6-2-1-3-7-20/h4-5,12-13H,1-3,6-11H2. The first-order valence-corrected chi connectivity index (χ1v) is 7.97. The van der Waals surface area contributed by atoms with Gasteiger partial charge in [-0.2, -0.15) is 0 Å². The monoisotopic (exact) mass is 302 g/mol. The van der Waals surface area contributed by atoms with Gasteiger partial charge in [-0.15, -0.1) is 0 Å². The minimum Gasteiger partial charge on any atom is -0.367 e. The molecule has 1 aromatic rings. The van der Waals surface area contributed by atoms with Crippen molar-refractivity contribution >= 4 is 18.0 Å². The lowest BCUT2D eigenvalue weighted by atomic mass is 10.1. The average molecular weight is 302 g/mol. The zero-order valence-electron chi connectivity index (χ0n) is 12.8. The molecule has 0 bridgehead atoms. The van der Waals surface area contributed by atoms with Crippen molar-refractivity contribution in [1.29, 1.82) is 0 Å². The molecule has 2 fully saturated rings. The average Bonchev–Trinajstić information content (AvgIpc) is 2.62. The molecular formula is C16H22N4O2.